The molecule has 11 heteroatoms. The van der Waals surface area contributed by atoms with Crippen LogP contribution in [0.4, 0.5) is 4.79 Å². The number of alkyl halides is 1. The van der Waals surface area contributed by atoms with Crippen molar-refractivity contribution in [2.24, 2.45) is 0 Å². The first-order chi connectivity index (χ1) is 19.1. The maximum absolute atomic E-state index is 12.5. The molecule has 0 aliphatic heterocycles. The van der Waals surface area contributed by atoms with E-state index in [9.17, 15) is 22.8 Å². The molecule has 0 heterocycles. The Balaban J connectivity index is 4.00. The number of sulfonamides is 1. The van der Waals surface area contributed by atoms with Crippen LogP contribution in [0.5, 0.6) is 0 Å². The number of alkyl carbamates (subject to hydrolysis) is 1. The molecule has 0 spiro atoms. The average molecular weight is 702 g/mol. The third kappa shape index (κ3) is 22.6. The highest BCUT2D eigenvalue weighted by Gasteiger charge is 2.28. The van der Waals surface area contributed by atoms with Crippen LogP contribution in [0.15, 0.2) is 0 Å². The van der Waals surface area contributed by atoms with E-state index < -0.39 is 34.0 Å². The normalized spacial score (nSPS) is 12.1. The molecule has 0 rings (SSSR count). The fraction of sp³-hybridized carbons (Fsp3) is 0.897. The summed E-state index contributed by atoms with van der Waals surface area (Å²) in [4.78, 5) is 35.7. The van der Waals surface area contributed by atoms with Crippen molar-refractivity contribution in [3.8, 4) is 0 Å². The fourth-order valence-corrected chi connectivity index (χ4v) is 6.93. The molecule has 9 nitrogen and oxygen atoms in total. The van der Waals surface area contributed by atoms with Crippen LogP contribution in [0.25, 0.3) is 0 Å². The maximum atomic E-state index is 12.5. The zero-order valence-corrected chi connectivity index (χ0v) is 28.3. The number of hydrogen-bond donors (Lipinski definition) is 2. The van der Waals surface area contributed by atoms with Crippen LogP contribution < -0.4 is 10.6 Å². The third-order valence-electron chi connectivity index (χ3n) is 6.73. The molecule has 0 radical (unpaired) electrons. The molecule has 2 N–H and O–H groups in total. The number of hydrogen-bond acceptors (Lipinski definition) is 6. The summed E-state index contributed by atoms with van der Waals surface area (Å²) < 4.78 is 31.7. The molecule has 0 aliphatic carbocycles. The molecule has 1 unspecified atom stereocenters. The summed E-state index contributed by atoms with van der Waals surface area (Å²) in [7, 11) is -3.82. The molecule has 0 bridgehead atoms. The van der Waals surface area contributed by atoms with Gasteiger partial charge in [-0.05, 0) is 12.8 Å². The summed E-state index contributed by atoms with van der Waals surface area (Å²) in [6.45, 7) is 4.67. The van der Waals surface area contributed by atoms with E-state index in [4.69, 9.17) is 4.74 Å². The first-order valence-corrected chi connectivity index (χ1v) is 18.5. The van der Waals surface area contributed by atoms with Crippen molar-refractivity contribution in [3.05, 3.63) is 0 Å². The van der Waals surface area contributed by atoms with Crippen LogP contribution in [0.3, 0.4) is 0 Å². The second-order valence-electron chi connectivity index (χ2n) is 10.6. The van der Waals surface area contributed by atoms with E-state index in [-0.39, 0.29) is 18.9 Å². The molecule has 40 heavy (non-hydrogen) atoms. The van der Waals surface area contributed by atoms with Crippen LogP contribution in [-0.4, -0.2) is 66.5 Å². The number of halogens is 1. The number of rotatable bonds is 26. The summed E-state index contributed by atoms with van der Waals surface area (Å²) >= 11 is 2.07. The molecule has 0 saturated heterocycles. The van der Waals surface area contributed by atoms with Gasteiger partial charge >= 0.3 is 6.09 Å². The van der Waals surface area contributed by atoms with Gasteiger partial charge in [-0.1, -0.05) is 126 Å². The highest BCUT2D eigenvalue weighted by atomic mass is 127. The lowest BCUT2D eigenvalue weighted by Crippen LogP contribution is -2.50. The monoisotopic (exact) mass is 701 g/mol. The Hall–Kier alpha value is -1.11. The van der Waals surface area contributed by atoms with Gasteiger partial charge in [-0.15, -0.1) is 0 Å². The van der Waals surface area contributed by atoms with E-state index in [1.165, 1.54) is 90.4 Å². The van der Waals surface area contributed by atoms with Crippen LogP contribution in [0.1, 0.15) is 130 Å². The largest absolute Gasteiger partial charge is 0.447 e. The summed E-state index contributed by atoms with van der Waals surface area (Å²) in [5, 5.41) is 5.27. The third-order valence-corrected chi connectivity index (χ3v) is 9.38. The number of carbonyl (C=O) groups excluding carboxylic acids is 3. The van der Waals surface area contributed by atoms with Crippen molar-refractivity contribution < 1.29 is 27.5 Å². The van der Waals surface area contributed by atoms with Crippen molar-refractivity contribution in [1.29, 1.82) is 0 Å². The summed E-state index contributed by atoms with van der Waals surface area (Å²) in [5.74, 6) is -1.21. The van der Waals surface area contributed by atoms with Gasteiger partial charge in [0.1, 0.15) is 6.61 Å². The van der Waals surface area contributed by atoms with E-state index in [0.717, 1.165) is 30.5 Å². The van der Waals surface area contributed by atoms with E-state index in [1.54, 1.807) is 0 Å². The number of nitrogens with zero attached hydrogens (tertiary/aromatic N) is 1. The first-order valence-electron chi connectivity index (χ1n) is 15.4. The molecular weight excluding hydrogens is 645 g/mol. The topological polar surface area (TPSA) is 122 Å². The van der Waals surface area contributed by atoms with Crippen molar-refractivity contribution in [1.82, 2.24) is 14.9 Å². The Morgan fingerprint density at radius 1 is 0.775 bits per heavy atom. The van der Waals surface area contributed by atoms with Gasteiger partial charge in [-0.2, -0.15) is 0 Å². The molecule has 0 fully saturated rings. The molecule has 0 aromatic rings. The average Bonchev–Trinajstić information content (AvgIpc) is 2.90. The quantitative estimate of drug-likeness (QED) is 0.0605. The Morgan fingerprint density at radius 3 is 1.68 bits per heavy atom. The fourth-order valence-electron chi connectivity index (χ4n) is 4.50. The van der Waals surface area contributed by atoms with Gasteiger partial charge in [0, 0.05) is 24.8 Å². The van der Waals surface area contributed by atoms with Gasteiger partial charge in [0.15, 0.2) is 0 Å². The molecule has 0 saturated carbocycles. The maximum Gasteiger partial charge on any atom is 0.407 e. The van der Waals surface area contributed by atoms with Crippen LogP contribution in [0, 0.1) is 0 Å². The first kappa shape index (κ1) is 38.9. The lowest BCUT2D eigenvalue weighted by atomic mass is 10.0. The second-order valence-corrected chi connectivity index (χ2v) is 13.7. The van der Waals surface area contributed by atoms with Crippen molar-refractivity contribution in [2.45, 2.75) is 136 Å². The summed E-state index contributed by atoms with van der Waals surface area (Å²) in [5.41, 5.74) is 0. The lowest BCUT2D eigenvalue weighted by Gasteiger charge is -2.26. The predicted octanol–water partition coefficient (Wildman–Crippen LogP) is 6.48. The number of unbranched alkanes of at least 4 members (excludes halogenated alkanes) is 15. The van der Waals surface area contributed by atoms with Crippen molar-refractivity contribution >= 4 is 50.5 Å². The zero-order valence-electron chi connectivity index (χ0n) is 25.3. The lowest BCUT2D eigenvalue weighted by molar-refractivity contribution is -0.125. The highest BCUT2D eigenvalue weighted by molar-refractivity contribution is 14.1. The SMILES string of the molecule is CCCCCCCCCCCCCCCCCCNC(=O)OCC(CN(C(C)=O)S(=O)(=O)CCCI)NC(C)=O. The summed E-state index contributed by atoms with van der Waals surface area (Å²) in [6, 6.07) is -0.836. The highest BCUT2D eigenvalue weighted by Crippen LogP contribution is 2.14. The van der Waals surface area contributed by atoms with Crippen molar-refractivity contribution in [3.63, 3.8) is 0 Å². The smallest absolute Gasteiger partial charge is 0.407 e. The van der Waals surface area contributed by atoms with E-state index in [2.05, 4.69) is 40.1 Å². The molecule has 3 amide bonds. The predicted molar refractivity (Wildman–Crippen MR) is 171 cm³/mol. The molecule has 236 valence electrons. The van der Waals surface area contributed by atoms with E-state index in [1.807, 2.05) is 0 Å². The number of carbonyl (C=O) groups is 3. The second kappa shape index (κ2) is 25.6. The number of ether oxygens (including phenoxy) is 1. The molecule has 0 aromatic heterocycles. The van der Waals surface area contributed by atoms with Crippen molar-refractivity contribution in [2.75, 3.05) is 29.9 Å². The Labute approximate surface area is 257 Å². The molecule has 0 aliphatic rings. The van der Waals surface area contributed by atoms with Gasteiger partial charge in [0.25, 0.3) is 0 Å². The standard InChI is InChI=1S/C29H56IN3O6S/c1-4-5-6-7-8-9-10-11-12-13-14-15-16-17-18-19-22-31-29(36)39-25-28(32-26(2)34)24-33(27(3)35)40(37,38)23-20-21-30/h28H,4-25H2,1-3H3,(H,31,36)(H,32,34). The Bertz CT molecular complexity index is 782. The number of amides is 3. The van der Waals surface area contributed by atoms with Crippen LogP contribution >= 0.6 is 22.6 Å². The molecule has 0 aromatic carbocycles. The minimum atomic E-state index is -3.82. The zero-order chi connectivity index (χ0) is 30.1. The van der Waals surface area contributed by atoms with Crippen LogP contribution in [0.2, 0.25) is 0 Å². The van der Waals surface area contributed by atoms with Gasteiger partial charge in [-0.3, -0.25) is 9.59 Å². The van der Waals surface area contributed by atoms with Crippen LogP contribution in [-0.2, 0) is 24.3 Å². The van der Waals surface area contributed by atoms with Gasteiger partial charge < -0.3 is 15.4 Å². The summed E-state index contributed by atoms with van der Waals surface area (Å²) in [6.07, 6.45) is 20.3. The Morgan fingerprint density at radius 2 is 1.25 bits per heavy atom. The van der Waals surface area contributed by atoms with Gasteiger partial charge in [0.05, 0.1) is 18.3 Å². The number of nitrogens with one attached hydrogen (secondary N) is 2. The van der Waals surface area contributed by atoms with E-state index >= 15 is 0 Å². The molecule has 1 atom stereocenters. The van der Waals surface area contributed by atoms with Gasteiger partial charge in [-0.25, -0.2) is 17.5 Å². The minimum Gasteiger partial charge on any atom is -0.447 e. The van der Waals surface area contributed by atoms with E-state index in [0.29, 0.717) is 17.4 Å². The minimum absolute atomic E-state index is 0.164. The molecular formula is C29H56IN3O6S. The van der Waals surface area contributed by atoms with Gasteiger partial charge in [0.2, 0.25) is 21.8 Å². The Kier molecular flexibility index (Phi) is 24.9.